The molecule has 0 bridgehead atoms. The molecular weight excluding hydrogens is 513 g/mol. The van der Waals surface area contributed by atoms with Gasteiger partial charge in [0, 0.05) is 20.2 Å². The highest BCUT2D eigenvalue weighted by molar-refractivity contribution is 7.87. The highest BCUT2D eigenvalue weighted by Crippen LogP contribution is 2.51. The fourth-order valence-corrected chi connectivity index (χ4v) is 9.60. The normalized spacial score (nSPS) is 12.9. The minimum Gasteiger partial charge on any atom is -0.744 e. The largest absolute Gasteiger partial charge is 0.744 e. The zero-order valence-corrected chi connectivity index (χ0v) is 20.3. The molecule has 6 aromatic rings. The quantitative estimate of drug-likeness (QED) is 0.266. The fraction of sp³-hybridized carbons (Fsp3) is 0. The summed E-state index contributed by atoms with van der Waals surface area (Å²) in [5.74, 6) is 0. The maximum Gasteiger partial charge on any atom is 0.126 e. The molecule has 0 radical (unpaired) electrons. The minimum absolute atomic E-state index is 0.0268. The number of hydrogen-bond donors (Lipinski definition) is 0. The molecule has 0 fully saturated rings. The molecular formula is C24H12O6S4-2. The number of thiophene rings is 2. The second-order valence-corrected chi connectivity index (χ2v) is 12.5. The summed E-state index contributed by atoms with van der Waals surface area (Å²) >= 11 is 2.01. The first-order chi connectivity index (χ1) is 16.1. The molecule has 2 heterocycles. The van der Waals surface area contributed by atoms with Crippen LogP contribution < -0.4 is 0 Å². The molecule has 2 aromatic heterocycles. The molecule has 4 aromatic carbocycles. The van der Waals surface area contributed by atoms with Gasteiger partial charge in [-0.05, 0) is 27.6 Å². The summed E-state index contributed by atoms with van der Waals surface area (Å²) in [5, 5.41) is 3.34. The van der Waals surface area contributed by atoms with E-state index in [9.17, 15) is 25.9 Å². The van der Waals surface area contributed by atoms with Crippen molar-refractivity contribution in [3.05, 3.63) is 72.8 Å². The number of benzene rings is 4. The van der Waals surface area contributed by atoms with Gasteiger partial charge in [0.15, 0.2) is 0 Å². The Morgan fingerprint density at radius 3 is 1.79 bits per heavy atom. The van der Waals surface area contributed by atoms with Crippen LogP contribution in [0, 0.1) is 0 Å². The van der Waals surface area contributed by atoms with Gasteiger partial charge in [-0.15, -0.1) is 22.7 Å². The van der Waals surface area contributed by atoms with Gasteiger partial charge in [-0.3, -0.25) is 0 Å². The van der Waals surface area contributed by atoms with Crippen LogP contribution in [0.25, 0.3) is 51.5 Å². The van der Waals surface area contributed by atoms with Crippen LogP contribution in [0.2, 0.25) is 0 Å². The van der Waals surface area contributed by atoms with Gasteiger partial charge < -0.3 is 9.11 Å². The smallest absolute Gasteiger partial charge is 0.126 e. The van der Waals surface area contributed by atoms with E-state index in [-0.39, 0.29) is 20.5 Å². The van der Waals surface area contributed by atoms with Crippen molar-refractivity contribution >= 4 is 84.6 Å². The molecule has 0 aliphatic heterocycles. The molecule has 0 atom stereocenters. The van der Waals surface area contributed by atoms with Crippen LogP contribution in [-0.2, 0) is 20.2 Å². The predicted molar refractivity (Wildman–Crippen MR) is 134 cm³/mol. The molecule has 0 amide bonds. The number of rotatable bonds is 3. The van der Waals surface area contributed by atoms with Gasteiger partial charge in [-0.1, -0.05) is 66.7 Å². The lowest BCUT2D eigenvalue weighted by Gasteiger charge is -2.12. The summed E-state index contributed by atoms with van der Waals surface area (Å²) in [6.45, 7) is 0. The number of hydrogen-bond acceptors (Lipinski definition) is 8. The van der Waals surface area contributed by atoms with Gasteiger partial charge in [-0.25, -0.2) is 16.8 Å². The topological polar surface area (TPSA) is 114 Å². The third kappa shape index (κ3) is 3.18. The average Bonchev–Trinajstić information content (AvgIpc) is 3.38. The van der Waals surface area contributed by atoms with Crippen molar-refractivity contribution in [2.24, 2.45) is 0 Å². The number of fused-ring (bicyclic) bond motifs is 6. The first-order valence-corrected chi connectivity index (χ1v) is 14.4. The second kappa shape index (κ2) is 7.32. The van der Waals surface area contributed by atoms with Crippen LogP contribution in [0.1, 0.15) is 0 Å². The van der Waals surface area contributed by atoms with Crippen molar-refractivity contribution in [3.63, 3.8) is 0 Å². The Hall–Kier alpha value is -2.86. The summed E-state index contributed by atoms with van der Waals surface area (Å²) in [5.41, 5.74) is 0. The van der Waals surface area contributed by atoms with E-state index in [1.165, 1.54) is 0 Å². The molecule has 0 saturated carbocycles. The molecule has 0 aliphatic carbocycles. The van der Waals surface area contributed by atoms with Gasteiger partial charge in [0.1, 0.15) is 20.2 Å². The molecule has 10 heteroatoms. The predicted octanol–water partition coefficient (Wildman–Crippen LogP) is 5.90. The summed E-state index contributed by atoms with van der Waals surface area (Å²) in [4.78, 5) is -1.05. The molecule has 0 aliphatic rings. The van der Waals surface area contributed by atoms with E-state index >= 15 is 0 Å². The van der Waals surface area contributed by atoms with Crippen molar-refractivity contribution in [3.8, 4) is 9.75 Å². The first kappa shape index (κ1) is 21.7. The van der Waals surface area contributed by atoms with Gasteiger partial charge in [0.25, 0.3) is 0 Å². The van der Waals surface area contributed by atoms with Crippen LogP contribution in [0.4, 0.5) is 0 Å². The molecule has 170 valence electrons. The summed E-state index contributed by atoms with van der Waals surface area (Å²) in [7, 11) is -10.0. The van der Waals surface area contributed by atoms with Crippen molar-refractivity contribution in [2.75, 3.05) is 0 Å². The lowest BCUT2D eigenvalue weighted by molar-refractivity contribution is 0.461. The summed E-state index contributed by atoms with van der Waals surface area (Å²) in [6.07, 6.45) is 0. The van der Waals surface area contributed by atoms with Gasteiger partial charge >= 0.3 is 0 Å². The van der Waals surface area contributed by atoms with E-state index in [2.05, 4.69) is 0 Å². The minimum atomic E-state index is -5.03. The third-order valence-electron chi connectivity index (χ3n) is 5.78. The van der Waals surface area contributed by atoms with E-state index in [1.54, 1.807) is 48.5 Å². The fourth-order valence-electron chi connectivity index (χ4n) is 4.43. The van der Waals surface area contributed by atoms with Crippen LogP contribution in [0.15, 0.2) is 82.6 Å². The zero-order chi connectivity index (χ0) is 23.8. The summed E-state index contributed by atoms with van der Waals surface area (Å²) in [6, 6.07) is 21.1. The van der Waals surface area contributed by atoms with E-state index in [4.69, 9.17) is 0 Å². The lowest BCUT2D eigenvalue weighted by atomic mass is 10.1. The van der Waals surface area contributed by atoms with Crippen molar-refractivity contribution in [2.45, 2.75) is 9.79 Å². The van der Waals surface area contributed by atoms with Crippen molar-refractivity contribution < 1.29 is 25.9 Å². The van der Waals surface area contributed by atoms with Crippen molar-refractivity contribution in [1.29, 1.82) is 0 Å². The molecule has 0 spiro atoms. The lowest BCUT2D eigenvalue weighted by Crippen LogP contribution is -2.02. The molecule has 0 N–H and O–H groups in total. The van der Waals surface area contributed by atoms with Crippen molar-refractivity contribution in [1.82, 2.24) is 0 Å². The van der Waals surface area contributed by atoms with E-state index in [0.717, 1.165) is 38.8 Å². The third-order valence-corrected chi connectivity index (χ3v) is 10.4. The van der Waals surface area contributed by atoms with Crippen LogP contribution in [0.5, 0.6) is 0 Å². The van der Waals surface area contributed by atoms with Crippen LogP contribution in [0.3, 0.4) is 0 Å². The Morgan fingerprint density at radius 1 is 0.559 bits per heavy atom. The highest BCUT2D eigenvalue weighted by atomic mass is 32.2. The Bertz CT molecular complexity index is 2020. The maximum absolute atomic E-state index is 12.6. The average molecular weight is 525 g/mol. The van der Waals surface area contributed by atoms with Crippen LogP contribution in [-0.4, -0.2) is 25.9 Å². The molecule has 6 nitrogen and oxygen atoms in total. The Labute approximate surface area is 202 Å². The first-order valence-electron chi connectivity index (χ1n) is 9.95. The van der Waals surface area contributed by atoms with E-state index < -0.39 is 30.0 Å². The standard InChI is InChI=1S/C24H14O6S4/c25-33(26,27)23-17-11-9-14-6-2-4-8-16(14)20(17)32-21(23)22-24(34(28,29)30)19-15-7-3-1-5-13(15)10-12-18(19)31-22/h1-12H,(H,25,26,27)(H,28,29,30)/p-2. The van der Waals surface area contributed by atoms with Gasteiger partial charge in [0.05, 0.1) is 19.5 Å². The molecule has 0 saturated heterocycles. The van der Waals surface area contributed by atoms with E-state index in [1.807, 2.05) is 24.3 Å². The SMILES string of the molecule is O=S(=O)([O-])c1c(-c2sc3ccc4ccccc4c3c2S(=O)(=O)[O-])sc2c1ccc1ccccc12. The zero-order valence-electron chi connectivity index (χ0n) is 17.0. The highest BCUT2D eigenvalue weighted by Gasteiger charge is 2.28. The van der Waals surface area contributed by atoms with Gasteiger partial charge in [0.2, 0.25) is 0 Å². The maximum atomic E-state index is 12.6. The Balaban J connectivity index is 1.85. The Morgan fingerprint density at radius 2 is 1.12 bits per heavy atom. The second-order valence-electron chi connectivity index (χ2n) is 7.75. The van der Waals surface area contributed by atoms with E-state index in [0.29, 0.717) is 14.8 Å². The molecule has 6 rings (SSSR count). The van der Waals surface area contributed by atoms with Gasteiger partial charge in [-0.2, -0.15) is 0 Å². The Kier molecular flexibility index (Phi) is 4.66. The summed E-state index contributed by atoms with van der Waals surface area (Å²) < 4.78 is 76.1. The monoisotopic (exact) mass is 524 g/mol. The molecule has 0 unspecified atom stereocenters. The molecule has 34 heavy (non-hydrogen) atoms. The van der Waals surface area contributed by atoms with Crippen LogP contribution >= 0.6 is 22.7 Å².